The van der Waals surface area contributed by atoms with Crippen molar-refractivity contribution in [3.05, 3.63) is 83.9 Å². The number of fused-ring (bicyclic) bond motifs is 2. The molecule has 5 aromatic rings. The van der Waals surface area contributed by atoms with E-state index >= 15 is 0 Å². The molecule has 0 aliphatic rings. The molecule has 0 spiro atoms. The number of rotatable bonds is 1. The van der Waals surface area contributed by atoms with Gasteiger partial charge in [0.15, 0.2) is 0 Å². The number of hydrogen-bond donors (Lipinski definition) is 2. The minimum Gasteiger partial charge on any atom is -0.384 e. The maximum atomic E-state index is 5.90. The molecule has 5 heteroatoms. The van der Waals surface area contributed by atoms with Gasteiger partial charge in [0.05, 0.1) is 6.20 Å². The Balaban J connectivity index is 1.60. The van der Waals surface area contributed by atoms with Gasteiger partial charge in [0.25, 0.3) is 0 Å². The zero-order chi connectivity index (χ0) is 19.1. The monoisotopic (exact) mass is 363 g/mol. The number of nitrogens with zero attached hydrogens (tertiary/aromatic N) is 3. The molecule has 3 N–H and O–H groups in total. The van der Waals surface area contributed by atoms with Gasteiger partial charge in [0.1, 0.15) is 22.8 Å². The summed E-state index contributed by atoms with van der Waals surface area (Å²) in [6, 6.07) is 16.3. The van der Waals surface area contributed by atoms with Crippen molar-refractivity contribution < 1.29 is 0 Å². The van der Waals surface area contributed by atoms with Gasteiger partial charge in [-0.15, -0.1) is 0 Å². The van der Waals surface area contributed by atoms with Gasteiger partial charge in [-0.05, 0) is 48.2 Å². The molecule has 0 aliphatic heterocycles. The number of aromatic amines is 1. The van der Waals surface area contributed by atoms with Crippen LogP contribution >= 0.6 is 0 Å². The maximum absolute atomic E-state index is 5.90. The van der Waals surface area contributed by atoms with Crippen molar-refractivity contribution in [2.24, 2.45) is 0 Å². The van der Waals surface area contributed by atoms with Crippen LogP contribution in [0.4, 0.5) is 5.82 Å². The predicted octanol–water partition coefficient (Wildman–Crippen LogP) is 4.17. The highest BCUT2D eigenvalue weighted by molar-refractivity contribution is 5.84. The third-order valence-corrected chi connectivity index (χ3v) is 4.76. The third-order valence-electron chi connectivity index (χ3n) is 4.76. The van der Waals surface area contributed by atoms with Crippen LogP contribution in [0.2, 0.25) is 0 Å². The quantitative estimate of drug-likeness (QED) is 0.439. The predicted molar refractivity (Wildman–Crippen MR) is 112 cm³/mol. The van der Waals surface area contributed by atoms with Crippen LogP contribution < -0.4 is 5.73 Å². The number of nitrogen functional groups attached to an aromatic ring is 1. The van der Waals surface area contributed by atoms with E-state index < -0.39 is 0 Å². The molecule has 4 heterocycles. The fourth-order valence-electron chi connectivity index (χ4n) is 3.28. The van der Waals surface area contributed by atoms with Crippen LogP contribution in [-0.2, 0) is 0 Å². The first-order chi connectivity index (χ1) is 13.7. The molecule has 0 amide bonds. The molecule has 0 unspecified atom stereocenters. The second kappa shape index (κ2) is 6.29. The summed E-state index contributed by atoms with van der Waals surface area (Å²) in [5, 5.41) is 0.955. The van der Waals surface area contributed by atoms with Crippen molar-refractivity contribution in [3.8, 4) is 23.0 Å². The number of nitrogens with two attached hydrogens (primary N) is 1. The van der Waals surface area contributed by atoms with Gasteiger partial charge in [-0.25, -0.2) is 9.97 Å². The molecule has 0 bridgehead atoms. The Bertz CT molecular complexity index is 1380. The van der Waals surface area contributed by atoms with E-state index in [0.29, 0.717) is 5.82 Å². The summed E-state index contributed by atoms with van der Waals surface area (Å²) in [6.07, 6.45) is 5.70. The molecule has 5 nitrogen and oxygen atoms in total. The van der Waals surface area contributed by atoms with Crippen molar-refractivity contribution in [2.75, 3.05) is 5.73 Å². The Morgan fingerprint density at radius 2 is 1.82 bits per heavy atom. The number of imidazole rings is 1. The second-order valence-corrected chi connectivity index (χ2v) is 6.74. The van der Waals surface area contributed by atoms with Crippen LogP contribution in [0, 0.1) is 18.8 Å². The normalized spacial score (nSPS) is 10.9. The molecule has 0 saturated carbocycles. The molecule has 134 valence electrons. The highest BCUT2D eigenvalue weighted by Gasteiger charge is 2.06. The number of H-pyrrole nitrogens is 1. The average Bonchev–Trinajstić information content (AvgIpc) is 3.33. The van der Waals surface area contributed by atoms with Gasteiger partial charge < -0.3 is 10.7 Å². The van der Waals surface area contributed by atoms with Crippen molar-refractivity contribution in [1.29, 1.82) is 0 Å². The van der Waals surface area contributed by atoms with E-state index in [9.17, 15) is 0 Å². The van der Waals surface area contributed by atoms with Gasteiger partial charge in [0.2, 0.25) is 0 Å². The van der Waals surface area contributed by atoms with Gasteiger partial charge >= 0.3 is 0 Å². The van der Waals surface area contributed by atoms with Gasteiger partial charge in [-0.1, -0.05) is 35.7 Å². The standard InChI is InChI=1S/C23H17N5/c1-15-2-4-16(5-3-15)18-7-9-22-26-13-19(28(22)14-18)8-6-17-12-21(24)27-23-20(17)10-11-25-23/h2-5,7,9-14H,1H3,(H3,24,25,27). The van der Waals surface area contributed by atoms with Crippen molar-refractivity contribution in [1.82, 2.24) is 19.4 Å². The Hall–Kier alpha value is -4.04. The van der Waals surface area contributed by atoms with Crippen LogP contribution in [0.1, 0.15) is 16.8 Å². The van der Waals surface area contributed by atoms with Crippen molar-refractivity contribution in [2.45, 2.75) is 6.92 Å². The van der Waals surface area contributed by atoms with Gasteiger partial charge in [-0.3, -0.25) is 4.40 Å². The highest BCUT2D eigenvalue weighted by atomic mass is 15.0. The lowest BCUT2D eigenvalue weighted by Crippen LogP contribution is -1.93. The van der Waals surface area contributed by atoms with E-state index in [1.165, 1.54) is 5.56 Å². The molecule has 28 heavy (non-hydrogen) atoms. The molecule has 0 saturated heterocycles. The van der Waals surface area contributed by atoms with Crippen LogP contribution in [-0.4, -0.2) is 19.4 Å². The summed E-state index contributed by atoms with van der Waals surface area (Å²) in [4.78, 5) is 11.8. The first kappa shape index (κ1) is 16.2. The van der Waals surface area contributed by atoms with E-state index in [-0.39, 0.29) is 0 Å². The first-order valence-corrected chi connectivity index (χ1v) is 8.97. The Kier molecular flexibility index (Phi) is 3.63. The van der Waals surface area contributed by atoms with E-state index in [2.05, 4.69) is 70.2 Å². The number of anilines is 1. The zero-order valence-electron chi connectivity index (χ0n) is 15.3. The number of pyridine rings is 2. The summed E-state index contributed by atoms with van der Waals surface area (Å²) in [7, 11) is 0. The number of hydrogen-bond acceptors (Lipinski definition) is 3. The summed E-state index contributed by atoms with van der Waals surface area (Å²) < 4.78 is 2.01. The van der Waals surface area contributed by atoms with Crippen LogP contribution in [0.25, 0.3) is 27.8 Å². The highest BCUT2D eigenvalue weighted by Crippen LogP contribution is 2.22. The Morgan fingerprint density at radius 3 is 2.68 bits per heavy atom. The third kappa shape index (κ3) is 2.78. The van der Waals surface area contributed by atoms with Gasteiger partial charge in [0, 0.05) is 23.3 Å². The fraction of sp³-hybridized carbons (Fsp3) is 0.0435. The van der Waals surface area contributed by atoms with Crippen molar-refractivity contribution >= 4 is 22.5 Å². The van der Waals surface area contributed by atoms with E-state index in [0.717, 1.165) is 39.1 Å². The lowest BCUT2D eigenvalue weighted by atomic mass is 10.1. The summed E-state index contributed by atoms with van der Waals surface area (Å²) in [6.45, 7) is 2.09. The van der Waals surface area contributed by atoms with E-state index in [1.807, 2.05) is 22.7 Å². The number of aromatic nitrogens is 4. The van der Waals surface area contributed by atoms with E-state index in [4.69, 9.17) is 5.73 Å². The molecule has 0 aliphatic carbocycles. The Morgan fingerprint density at radius 1 is 1.00 bits per heavy atom. The SMILES string of the molecule is Cc1ccc(-c2ccc3ncc(C#Cc4cc(N)nc5[nH]ccc45)n3c2)cc1. The molecule has 0 fully saturated rings. The molecular formula is C23H17N5. The zero-order valence-corrected chi connectivity index (χ0v) is 15.3. The molecule has 0 atom stereocenters. The number of nitrogens with one attached hydrogen (secondary N) is 1. The molecule has 5 rings (SSSR count). The Labute approximate surface area is 161 Å². The topological polar surface area (TPSA) is 72.0 Å². The van der Waals surface area contributed by atoms with Crippen molar-refractivity contribution in [3.63, 3.8) is 0 Å². The fourth-order valence-corrected chi connectivity index (χ4v) is 3.28. The molecule has 1 aromatic carbocycles. The summed E-state index contributed by atoms with van der Waals surface area (Å²) >= 11 is 0. The number of aryl methyl sites for hydroxylation is 1. The smallest absolute Gasteiger partial charge is 0.140 e. The lowest BCUT2D eigenvalue weighted by Gasteiger charge is -2.04. The molecular weight excluding hydrogens is 346 g/mol. The number of benzene rings is 1. The first-order valence-electron chi connectivity index (χ1n) is 8.97. The van der Waals surface area contributed by atoms with E-state index in [1.54, 1.807) is 12.3 Å². The maximum Gasteiger partial charge on any atom is 0.140 e. The second-order valence-electron chi connectivity index (χ2n) is 6.74. The largest absolute Gasteiger partial charge is 0.384 e. The average molecular weight is 363 g/mol. The van der Waals surface area contributed by atoms with Crippen LogP contribution in [0.3, 0.4) is 0 Å². The summed E-state index contributed by atoms with van der Waals surface area (Å²) in [5.41, 5.74) is 12.7. The lowest BCUT2D eigenvalue weighted by molar-refractivity contribution is 1.16. The van der Waals surface area contributed by atoms with Crippen LogP contribution in [0.5, 0.6) is 0 Å². The minimum absolute atomic E-state index is 0.444. The summed E-state index contributed by atoms with van der Waals surface area (Å²) in [5.74, 6) is 6.90. The minimum atomic E-state index is 0.444. The van der Waals surface area contributed by atoms with Crippen LogP contribution in [0.15, 0.2) is 67.1 Å². The molecule has 4 aromatic heterocycles. The van der Waals surface area contributed by atoms with Gasteiger partial charge in [-0.2, -0.15) is 0 Å². The molecule has 0 radical (unpaired) electrons.